The molecule has 110 valence electrons. The number of rotatable bonds is 5. The van der Waals surface area contributed by atoms with E-state index in [0.29, 0.717) is 0 Å². The number of hydrogen-bond acceptors (Lipinski definition) is 4. The predicted molar refractivity (Wildman–Crippen MR) is 84.4 cm³/mol. The Labute approximate surface area is 124 Å². The second-order valence-electron chi connectivity index (χ2n) is 5.71. The van der Waals surface area contributed by atoms with Gasteiger partial charge in [-0.15, -0.1) is 11.3 Å². The van der Waals surface area contributed by atoms with E-state index in [0.717, 1.165) is 29.7 Å². The highest BCUT2D eigenvalue weighted by Crippen LogP contribution is 2.18. The molecule has 4 nitrogen and oxygen atoms in total. The van der Waals surface area contributed by atoms with Gasteiger partial charge < -0.3 is 10.2 Å². The van der Waals surface area contributed by atoms with Gasteiger partial charge in [-0.05, 0) is 51.9 Å². The summed E-state index contributed by atoms with van der Waals surface area (Å²) < 4.78 is 2.21. The Bertz CT molecular complexity index is 551. The lowest BCUT2D eigenvalue weighted by atomic mass is 9.97. The molecule has 0 unspecified atom stereocenters. The lowest BCUT2D eigenvalue weighted by molar-refractivity contribution is 0.190. The summed E-state index contributed by atoms with van der Waals surface area (Å²) in [5.41, 5.74) is 2.47. The van der Waals surface area contributed by atoms with E-state index in [1.54, 1.807) is 11.3 Å². The van der Waals surface area contributed by atoms with Crippen molar-refractivity contribution in [3.05, 3.63) is 23.0 Å². The van der Waals surface area contributed by atoms with Crippen molar-refractivity contribution in [3.63, 3.8) is 0 Å². The highest BCUT2D eigenvalue weighted by molar-refractivity contribution is 7.15. The Morgan fingerprint density at radius 2 is 2.20 bits per heavy atom. The number of piperidine rings is 1. The highest BCUT2D eigenvalue weighted by atomic mass is 32.1. The van der Waals surface area contributed by atoms with Crippen LogP contribution in [0.2, 0.25) is 0 Å². The summed E-state index contributed by atoms with van der Waals surface area (Å²) in [4.78, 5) is 8.25. The molecule has 5 heteroatoms. The first kappa shape index (κ1) is 14.0. The zero-order valence-corrected chi connectivity index (χ0v) is 13.2. The topological polar surface area (TPSA) is 32.6 Å². The lowest BCUT2D eigenvalue weighted by Crippen LogP contribution is -2.37. The molecular weight excluding hydrogens is 268 g/mol. The quantitative estimate of drug-likeness (QED) is 0.919. The molecule has 3 heterocycles. The van der Waals surface area contributed by atoms with Crippen LogP contribution in [0.5, 0.6) is 0 Å². The number of aromatic nitrogens is 2. The SMILES string of the molecule is CCN1CCC(CNCc2c(C)nc3sccn23)CC1. The fourth-order valence-corrected chi connectivity index (χ4v) is 3.83. The van der Waals surface area contributed by atoms with E-state index in [2.05, 4.69) is 45.0 Å². The fourth-order valence-electron chi connectivity index (χ4n) is 3.06. The molecule has 0 bridgehead atoms. The van der Waals surface area contributed by atoms with E-state index in [1.165, 1.54) is 38.2 Å². The second-order valence-corrected chi connectivity index (χ2v) is 6.58. The lowest BCUT2D eigenvalue weighted by Gasteiger charge is -2.31. The van der Waals surface area contributed by atoms with Gasteiger partial charge in [-0.3, -0.25) is 4.40 Å². The standard InChI is InChI=1S/C15H24N4S/c1-3-18-6-4-13(5-7-18)10-16-11-14-12(2)17-15-19(14)8-9-20-15/h8-9,13,16H,3-7,10-11H2,1-2H3. The third kappa shape index (κ3) is 2.90. The van der Waals surface area contributed by atoms with E-state index in [9.17, 15) is 0 Å². The van der Waals surface area contributed by atoms with E-state index in [-0.39, 0.29) is 0 Å². The largest absolute Gasteiger partial charge is 0.311 e. The van der Waals surface area contributed by atoms with Gasteiger partial charge in [0.1, 0.15) is 0 Å². The average molecular weight is 292 g/mol. The second kappa shape index (κ2) is 6.24. The Kier molecular flexibility index (Phi) is 4.38. The van der Waals surface area contributed by atoms with E-state index in [1.807, 2.05) is 0 Å². The molecule has 0 aliphatic carbocycles. The number of thiazole rings is 1. The minimum absolute atomic E-state index is 0.837. The van der Waals surface area contributed by atoms with Gasteiger partial charge in [-0.1, -0.05) is 6.92 Å². The maximum atomic E-state index is 4.59. The summed E-state index contributed by atoms with van der Waals surface area (Å²) in [7, 11) is 0. The molecule has 1 aliphatic rings. The summed E-state index contributed by atoms with van der Waals surface area (Å²) in [6, 6.07) is 0. The third-order valence-electron chi connectivity index (χ3n) is 4.44. The molecule has 1 N–H and O–H groups in total. The number of nitrogens with one attached hydrogen (secondary N) is 1. The molecule has 0 atom stereocenters. The number of hydrogen-bond donors (Lipinski definition) is 1. The molecule has 2 aromatic rings. The first-order valence-corrected chi connectivity index (χ1v) is 8.50. The molecule has 3 rings (SSSR count). The maximum absolute atomic E-state index is 4.59. The number of aryl methyl sites for hydroxylation is 1. The van der Waals surface area contributed by atoms with Gasteiger partial charge in [0.05, 0.1) is 11.4 Å². The Hall–Kier alpha value is -0.910. The zero-order chi connectivity index (χ0) is 13.9. The van der Waals surface area contributed by atoms with E-state index in [4.69, 9.17) is 0 Å². The van der Waals surface area contributed by atoms with Gasteiger partial charge >= 0.3 is 0 Å². The van der Waals surface area contributed by atoms with Gasteiger partial charge in [0, 0.05) is 18.1 Å². The molecule has 2 aromatic heterocycles. The van der Waals surface area contributed by atoms with Crippen molar-refractivity contribution in [3.8, 4) is 0 Å². The van der Waals surface area contributed by atoms with Crippen LogP contribution in [0.1, 0.15) is 31.2 Å². The molecule has 0 saturated carbocycles. The Morgan fingerprint density at radius 3 is 2.95 bits per heavy atom. The molecule has 1 saturated heterocycles. The number of nitrogens with zero attached hydrogens (tertiary/aromatic N) is 3. The minimum Gasteiger partial charge on any atom is -0.311 e. The van der Waals surface area contributed by atoms with Crippen LogP contribution in [0.4, 0.5) is 0 Å². The van der Waals surface area contributed by atoms with Crippen LogP contribution in [-0.4, -0.2) is 40.5 Å². The molecule has 20 heavy (non-hydrogen) atoms. The summed E-state index contributed by atoms with van der Waals surface area (Å²) >= 11 is 1.71. The van der Waals surface area contributed by atoms with Gasteiger partial charge in [0.25, 0.3) is 0 Å². The molecule has 0 spiro atoms. The number of fused-ring (bicyclic) bond motifs is 1. The van der Waals surface area contributed by atoms with E-state index >= 15 is 0 Å². The summed E-state index contributed by atoms with van der Waals surface area (Å²) in [5.74, 6) is 0.837. The van der Waals surface area contributed by atoms with Crippen molar-refractivity contribution in [2.45, 2.75) is 33.2 Å². The number of likely N-dealkylation sites (tertiary alicyclic amines) is 1. The molecule has 1 fully saturated rings. The predicted octanol–water partition coefficient (Wildman–Crippen LogP) is 2.53. The van der Waals surface area contributed by atoms with Crippen molar-refractivity contribution >= 4 is 16.3 Å². The Balaban J connectivity index is 1.50. The molecule has 0 aromatic carbocycles. The normalized spacial score (nSPS) is 18.1. The molecule has 0 amide bonds. The summed E-state index contributed by atoms with van der Waals surface area (Å²) in [6.45, 7) is 10.2. The highest BCUT2D eigenvalue weighted by Gasteiger charge is 2.18. The summed E-state index contributed by atoms with van der Waals surface area (Å²) in [5, 5.41) is 5.74. The molecule has 1 aliphatic heterocycles. The monoisotopic (exact) mass is 292 g/mol. The van der Waals surface area contributed by atoms with Crippen molar-refractivity contribution in [1.82, 2.24) is 19.6 Å². The van der Waals surface area contributed by atoms with Gasteiger partial charge in [-0.25, -0.2) is 4.98 Å². The first-order valence-electron chi connectivity index (χ1n) is 7.62. The van der Waals surface area contributed by atoms with Gasteiger partial charge in [-0.2, -0.15) is 0 Å². The maximum Gasteiger partial charge on any atom is 0.194 e. The zero-order valence-electron chi connectivity index (χ0n) is 12.4. The van der Waals surface area contributed by atoms with Crippen molar-refractivity contribution in [2.24, 2.45) is 5.92 Å². The van der Waals surface area contributed by atoms with Gasteiger partial charge in [0.15, 0.2) is 4.96 Å². The average Bonchev–Trinajstić information content (AvgIpc) is 3.02. The third-order valence-corrected chi connectivity index (χ3v) is 5.20. The van der Waals surface area contributed by atoms with E-state index < -0.39 is 0 Å². The minimum atomic E-state index is 0.837. The fraction of sp³-hybridized carbons (Fsp3) is 0.667. The van der Waals surface area contributed by atoms with Crippen LogP contribution < -0.4 is 5.32 Å². The van der Waals surface area contributed by atoms with Crippen LogP contribution in [0.15, 0.2) is 11.6 Å². The smallest absolute Gasteiger partial charge is 0.194 e. The van der Waals surface area contributed by atoms with Gasteiger partial charge in [0.2, 0.25) is 0 Å². The van der Waals surface area contributed by atoms with Crippen LogP contribution >= 0.6 is 11.3 Å². The van der Waals surface area contributed by atoms with Crippen molar-refractivity contribution in [2.75, 3.05) is 26.2 Å². The van der Waals surface area contributed by atoms with Crippen LogP contribution in [0.25, 0.3) is 4.96 Å². The number of imidazole rings is 1. The Morgan fingerprint density at radius 1 is 1.40 bits per heavy atom. The van der Waals surface area contributed by atoms with Crippen molar-refractivity contribution < 1.29 is 0 Å². The molecule has 0 radical (unpaired) electrons. The van der Waals surface area contributed by atoms with Crippen LogP contribution in [0.3, 0.4) is 0 Å². The van der Waals surface area contributed by atoms with Crippen LogP contribution in [0, 0.1) is 12.8 Å². The molecular formula is C15H24N4S. The van der Waals surface area contributed by atoms with Crippen LogP contribution in [-0.2, 0) is 6.54 Å². The summed E-state index contributed by atoms with van der Waals surface area (Å²) in [6.07, 6.45) is 4.79. The first-order chi connectivity index (χ1) is 9.78. The van der Waals surface area contributed by atoms with Crippen molar-refractivity contribution in [1.29, 1.82) is 0 Å².